The predicted molar refractivity (Wildman–Crippen MR) is 92.6 cm³/mol. The second kappa shape index (κ2) is 7.10. The van der Waals surface area contributed by atoms with E-state index in [9.17, 15) is 13.6 Å². The number of benzene rings is 1. The van der Waals surface area contributed by atoms with E-state index in [-0.39, 0.29) is 5.13 Å². The first-order valence-electron chi connectivity index (χ1n) is 6.41. The molecule has 0 bridgehead atoms. The second-order valence-electron chi connectivity index (χ2n) is 4.52. The number of hydrogen-bond donors (Lipinski definition) is 1. The highest BCUT2D eigenvalue weighted by Crippen LogP contribution is 2.33. The molecule has 10 heteroatoms. The quantitative estimate of drug-likeness (QED) is 0.599. The van der Waals surface area contributed by atoms with Crippen LogP contribution in [0.5, 0.6) is 0 Å². The Morgan fingerprint density at radius 2 is 1.79 bits per heavy atom. The van der Waals surface area contributed by atoms with Crippen LogP contribution in [0.3, 0.4) is 0 Å². The average molecular weight is 406 g/mol. The molecule has 24 heavy (non-hydrogen) atoms. The molecule has 0 fully saturated rings. The van der Waals surface area contributed by atoms with Crippen molar-refractivity contribution in [2.75, 3.05) is 5.32 Å². The van der Waals surface area contributed by atoms with Crippen LogP contribution in [0.25, 0.3) is 10.4 Å². The van der Waals surface area contributed by atoms with E-state index in [1.54, 1.807) is 30.3 Å². The number of nitrogens with zero attached hydrogens (tertiary/aromatic N) is 2. The molecule has 0 saturated carbocycles. The zero-order valence-corrected chi connectivity index (χ0v) is 14.7. The first-order chi connectivity index (χ1) is 11.4. The van der Waals surface area contributed by atoms with Crippen LogP contribution in [-0.2, 0) is 0 Å². The van der Waals surface area contributed by atoms with Crippen molar-refractivity contribution in [3.8, 4) is 10.4 Å². The average Bonchev–Trinajstić information content (AvgIpc) is 3.15. The molecule has 124 valence electrons. The molecule has 4 nitrogen and oxygen atoms in total. The third-order valence-corrected chi connectivity index (χ3v) is 5.24. The van der Waals surface area contributed by atoms with Crippen molar-refractivity contribution in [3.05, 3.63) is 50.3 Å². The van der Waals surface area contributed by atoms with Crippen LogP contribution < -0.4 is 5.32 Å². The molecule has 0 aliphatic carbocycles. The van der Waals surface area contributed by atoms with Gasteiger partial charge in [0.05, 0.1) is 4.88 Å². The zero-order valence-electron chi connectivity index (χ0n) is 11.6. The Balaban J connectivity index is 1.78. The minimum atomic E-state index is -2.71. The Bertz CT molecular complexity index is 878. The van der Waals surface area contributed by atoms with Crippen molar-refractivity contribution in [1.82, 2.24) is 10.2 Å². The zero-order chi connectivity index (χ0) is 17.3. The molecular weight excluding hydrogens is 399 g/mol. The van der Waals surface area contributed by atoms with Crippen molar-refractivity contribution in [2.24, 2.45) is 0 Å². The summed E-state index contributed by atoms with van der Waals surface area (Å²) in [7, 11) is 0. The van der Waals surface area contributed by atoms with Gasteiger partial charge in [-0.1, -0.05) is 34.5 Å². The molecule has 0 aliphatic rings. The lowest BCUT2D eigenvalue weighted by Gasteiger charge is -2.00. The molecule has 2 heterocycles. The van der Waals surface area contributed by atoms with Crippen LogP contribution in [0.2, 0.25) is 10.0 Å². The van der Waals surface area contributed by atoms with Gasteiger partial charge >= 0.3 is 0 Å². The fourth-order valence-electron chi connectivity index (χ4n) is 1.84. The molecule has 0 atom stereocenters. The van der Waals surface area contributed by atoms with E-state index in [4.69, 9.17) is 23.2 Å². The highest BCUT2D eigenvalue weighted by molar-refractivity contribution is 7.18. The molecule has 3 rings (SSSR count). The Labute approximate surface area is 153 Å². The fourth-order valence-corrected chi connectivity index (χ4v) is 3.85. The molecule has 1 aromatic carbocycles. The Morgan fingerprint density at radius 3 is 2.42 bits per heavy atom. The minimum Gasteiger partial charge on any atom is -0.296 e. The summed E-state index contributed by atoms with van der Waals surface area (Å²) < 4.78 is 24.9. The lowest BCUT2D eigenvalue weighted by Crippen LogP contribution is -2.09. The number of amides is 1. The third-order valence-electron chi connectivity index (χ3n) is 2.82. The van der Waals surface area contributed by atoms with Crippen molar-refractivity contribution in [1.29, 1.82) is 0 Å². The third kappa shape index (κ3) is 3.89. The lowest BCUT2D eigenvalue weighted by molar-refractivity contribution is 0.103. The maximum atomic E-state index is 12.5. The van der Waals surface area contributed by atoms with Gasteiger partial charge in [0.1, 0.15) is 0 Å². The van der Waals surface area contributed by atoms with Crippen LogP contribution in [0.15, 0.2) is 30.3 Å². The highest BCUT2D eigenvalue weighted by atomic mass is 35.5. The molecule has 0 spiro atoms. The SMILES string of the molecule is O=C(Nc1nnc(C(F)F)s1)c1ccc(-c2cc(Cl)cc(Cl)c2)s1. The number of nitrogens with one attached hydrogen (secondary N) is 1. The van der Waals surface area contributed by atoms with Crippen LogP contribution in [0, 0.1) is 0 Å². The van der Waals surface area contributed by atoms with Gasteiger partial charge in [0, 0.05) is 14.9 Å². The van der Waals surface area contributed by atoms with E-state index in [2.05, 4.69) is 15.5 Å². The lowest BCUT2D eigenvalue weighted by atomic mass is 10.2. The number of carbonyl (C=O) groups excluding carboxylic acids is 1. The monoisotopic (exact) mass is 405 g/mol. The van der Waals surface area contributed by atoms with Crippen molar-refractivity contribution >= 4 is 56.9 Å². The van der Waals surface area contributed by atoms with Gasteiger partial charge in [-0.15, -0.1) is 21.5 Å². The van der Waals surface area contributed by atoms with Gasteiger partial charge in [-0.05, 0) is 35.9 Å². The first kappa shape index (κ1) is 17.2. The summed E-state index contributed by atoms with van der Waals surface area (Å²) in [6.07, 6.45) is -2.71. The summed E-state index contributed by atoms with van der Waals surface area (Å²) in [4.78, 5) is 13.4. The van der Waals surface area contributed by atoms with Gasteiger partial charge < -0.3 is 0 Å². The van der Waals surface area contributed by atoms with E-state index in [0.29, 0.717) is 26.3 Å². The van der Waals surface area contributed by atoms with Crippen LogP contribution in [0.4, 0.5) is 13.9 Å². The second-order valence-corrected chi connectivity index (χ2v) is 7.49. The minimum absolute atomic E-state index is 0.0241. The summed E-state index contributed by atoms with van der Waals surface area (Å²) >= 11 is 13.8. The van der Waals surface area contributed by atoms with E-state index in [0.717, 1.165) is 10.4 Å². The summed E-state index contributed by atoms with van der Waals surface area (Å²) in [6.45, 7) is 0. The maximum Gasteiger partial charge on any atom is 0.291 e. The van der Waals surface area contributed by atoms with E-state index >= 15 is 0 Å². The molecule has 2 aromatic heterocycles. The Kier molecular flexibility index (Phi) is 5.09. The normalized spacial score (nSPS) is 11.0. The Morgan fingerprint density at radius 1 is 1.08 bits per heavy atom. The highest BCUT2D eigenvalue weighted by Gasteiger charge is 2.17. The van der Waals surface area contributed by atoms with Crippen LogP contribution >= 0.6 is 45.9 Å². The first-order valence-corrected chi connectivity index (χ1v) is 8.80. The van der Waals surface area contributed by atoms with Crippen LogP contribution in [-0.4, -0.2) is 16.1 Å². The van der Waals surface area contributed by atoms with Gasteiger partial charge in [0.2, 0.25) is 5.13 Å². The molecule has 1 N–H and O–H groups in total. The molecule has 3 aromatic rings. The van der Waals surface area contributed by atoms with Crippen molar-refractivity contribution in [2.45, 2.75) is 6.43 Å². The molecule has 0 radical (unpaired) electrons. The number of hydrogen-bond acceptors (Lipinski definition) is 5. The van der Waals surface area contributed by atoms with Crippen molar-refractivity contribution < 1.29 is 13.6 Å². The fraction of sp³-hybridized carbons (Fsp3) is 0.0714. The molecule has 0 saturated heterocycles. The molecule has 0 aliphatic heterocycles. The Hall–Kier alpha value is -1.61. The molecule has 1 amide bonds. The topological polar surface area (TPSA) is 54.9 Å². The van der Waals surface area contributed by atoms with Gasteiger partial charge in [-0.3, -0.25) is 10.1 Å². The number of alkyl halides is 2. The standard InChI is InChI=1S/C14H7Cl2F2N3OS2/c15-7-3-6(4-8(16)5-7)9-1-2-10(23-9)12(22)19-14-21-20-13(24-14)11(17)18/h1-5,11H,(H,19,21,22). The number of anilines is 1. The maximum absolute atomic E-state index is 12.5. The number of halogens is 4. The summed E-state index contributed by atoms with van der Waals surface area (Å²) in [6, 6.07) is 8.47. The van der Waals surface area contributed by atoms with Gasteiger partial charge in [0.25, 0.3) is 12.3 Å². The molecule has 0 unspecified atom stereocenters. The van der Waals surface area contributed by atoms with E-state index < -0.39 is 17.3 Å². The number of aromatic nitrogens is 2. The van der Waals surface area contributed by atoms with Gasteiger partial charge in [-0.2, -0.15) is 0 Å². The summed E-state index contributed by atoms with van der Waals surface area (Å²) in [5.74, 6) is -0.448. The predicted octanol–water partition coefficient (Wildman–Crippen LogP) is 5.76. The van der Waals surface area contributed by atoms with Gasteiger partial charge in [0.15, 0.2) is 5.01 Å². The number of thiophene rings is 1. The van der Waals surface area contributed by atoms with E-state index in [1.807, 2.05) is 0 Å². The van der Waals surface area contributed by atoms with E-state index in [1.165, 1.54) is 11.3 Å². The summed E-state index contributed by atoms with van der Waals surface area (Å²) in [5, 5.41) is 9.85. The van der Waals surface area contributed by atoms with Crippen molar-refractivity contribution in [3.63, 3.8) is 0 Å². The summed E-state index contributed by atoms with van der Waals surface area (Å²) in [5.41, 5.74) is 0.785. The van der Waals surface area contributed by atoms with Gasteiger partial charge in [-0.25, -0.2) is 8.78 Å². The molecular formula is C14H7Cl2F2N3OS2. The number of rotatable bonds is 4. The van der Waals surface area contributed by atoms with Crippen LogP contribution in [0.1, 0.15) is 21.1 Å². The smallest absolute Gasteiger partial charge is 0.291 e. The number of carbonyl (C=O) groups is 1. The largest absolute Gasteiger partial charge is 0.296 e.